The number of aromatic nitrogens is 3. The van der Waals surface area contributed by atoms with Crippen LogP contribution in [0.4, 0.5) is 19.5 Å². The van der Waals surface area contributed by atoms with E-state index in [9.17, 15) is 34.2 Å². The normalized spacial score (nSPS) is 14.7. The fourth-order valence-corrected chi connectivity index (χ4v) is 6.44. The number of alkyl carbamates (subject to hydrolysis) is 1. The molecule has 1 aliphatic rings. The Morgan fingerprint density at radius 1 is 0.859 bits per heavy atom. The maximum atomic E-state index is 13.2. The molecule has 3 aromatic rings. The monoisotopic (exact) mass is 916 g/mol. The van der Waals surface area contributed by atoms with Crippen molar-refractivity contribution in [3.05, 3.63) is 47.7 Å². The highest BCUT2D eigenvalue weighted by Crippen LogP contribution is 2.25. The summed E-state index contributed by atoms with van der Waals surface area (Å²) in [5.74, 6) is -1.92. The van der Waals surface area contributed by atoms with Crippen molar-refractivity contribution in [1.82, 2.24) is 19.9 Å². The molecule has 20 nitrogen and oxygen atoms in total. The van der Waals surface area contributed by atoms with Crippen molar-refractivity contribution in [3.63, 3.8) is 0 Å². The molecule has 3 heterocycles. The Hall–Kier alpha value is -5.96. The molecule has 4 N–H and O–H groups in total. The zero-order chi connectivity index (χ0) is 47.8. The summed E-state index contributed by atoms with van der Waals surface area (Å²) < 4.78 is 31.2. The number of thiazole rings is 1. The summed E-state index contributed by atoms with van der Waals surface area (Å²) in [5, 5.41) is 31.1. The van der Waals surface area contributed by atoms with Gasteiger partial charge in [0.05, 0.1) is 24.8 Å². The van der Waals surface area contributed by atoms with Gasteiger partial charge in [-0.2, -0.15) is 4.68 Å². The van der Waals surface area contributed by atoms with Crippen molar-refractivity contribution in [3.8, 4) is 16.9 Å². The summed E-state index contributed by atoms with van der Waals surface area (Å²) in [5.41, 5.74) is -2.21. The van der Waals surface area contributed by atoms with Crippen molar-refractivity contribution in [2.45, 2.75) is 131 Å². The van der Waals surface area contributed by atoms with Crippen molar-refractivity contribution >= 4 is 52.4 Å². The number of nitrogens with one attached hydrogen (secondary N) is 2. The Labute approximate surface area is 376 Å². The Bertz CT molecular complexity index is 2110. The van der Waals surface area contributed by atoms with Gasteiger partial charge >= 0.3 is 30.2 Å². The molecule has 0 spiro atoms. The van der Waals surface area contributed by atoms with Crippen molar-refractivity contribution in [2.24, 2.45) is 11.1 Å². The number of likely N-dealkylation sites (tertiary alicyclic amines) is 1. The van der Waals surface area contributed by atoms with E-state index in [2.05, 4.69) is 20.8 Å². The number of carboxylic acid groups (broad SMARTS) is 1. The minimum absolute atomic E-state index is 0.0511. The highest BCUT2D eigenvalue weighted by molar-refractivity contribution is 7.14. The van der Waals surface area contributed by atoms with Crippen LogP contribution in [0.5, 0.6) is 5.75 Å². The fraction of sp³-hybridized carbons (Fsp3) is 0.581. The third-order valence-corrected chi connectivity index (χ3v) is 9.08. The number of rotatable bonds is 16. The fourth-order valence-electron chi connectivity index (χ4n) is 5.76. The Balaban J connectivity index is 1.49. The predicted molar refractivity (Wildman–Crippen MR) is 234 cm³/mol. The Morgan fingerprint density at radius 2 is 1.45 bits per heavy atom. The first-order valence-corrected chi connectivity index (χ1v) is 21.5. The molecule has 21 heteroatoms. The van der Waals surface area contributed by atoms with Gasteiger partial charge in [-0.15, -0.1) is 16.0 Å². The quantitative estimate of drug-likeness (QED) is 0.0450. The maximum Gasteiger partial charge on any atom is 0.413 e. The molecule has 1 aliphatic heterocycles. The number of aliphatic hydroxyl groups excluding tert-OH is 1. The van der Waals surface area contributed by atoms with E-state index in [4.69, 9.17) is 28.5 Å². The molecule has 0 aliphatic carbocycles. The number of hydrogen-bond acceptors (Lipinski definition) is 15. The van der Waals surface area contributed by atoms with Crippen molar-refractivity contribution in [2.75, 3.05) is 31.6 Å². The second kappa shape index (κ2) is 20.7. The van der Waals surface area contributed by atoms with Gasteiger partial charge in [0.25, 0.3) is 6.10 Å². The topological polar surface area (TPSA) is 243 Å². The zero-order valence-electron chi connectivity index (χ0n) is 38.5. The number of esters is 1. The SMILES string of the molecule is CC(C)(C)OC(=O)NCC(O)C[n+]1cc(-c2ccc(OCC(ON=C(C(=O)O)c3csc(NC(=O)OC(C)(C)C)n3)C(=O)OC(C)(C)C)cc2)cn1CC1CN(C(=O)OC(C)(C)C)C1. The Kier molecular flexibility index (Phi) is 16.4. The molecule has 0 saturated carbocycles. The summed E-state index contributed by atoms with van der Waals surface area (Å²) in [6, 6.07) is 6.94. The number of anilines is 1. The number of aliphatic carboxylic acids is 1. The van der Waals surface area contributed by atoms with Crippen LogP contribution in [0.3, 0.4) is 0 Å². The number of hydrogen-bond donors (Lipinski definition) is 4. The van der Waals surface area contributed by atoms with E-state index in [0.717, 1.165) is 22.5 Å². The molecule has 2 aromatic heterocycles. The van der Waals surface area contributed by atoms with Gasteiger partial charge in [0, 0.05) is 24.4 Å². The zero-order valence-corrected chi connectivity index (χ0v) is 39.4. The number of oxime groups is 1. The average molecular weight is 917 g/mol. The van der Waals surface area contributed by atoms with Crippen LogP contribution >= 0.6 is 11.3 Å². The van der Waals surface area contributed by atoms with E-state index in [-0.39, 0.29) is 35.9 Å². The lowest BCUT2D eigenvalue weighted by Crippen LogP contribution is -2.56. The number of ether oxygens (including phenoxy) is 5. The molecule has 4 rings (SSSR count). The predicted octanol–water partition coefficient (Wildman–Crippen LogP) is 5.59. The molecular formula is C43H62N7O13S+. The molecule has 3 amide bonds. The standard InChI is InChI=1S/C43H61N7O13S/c1-40(2,3)59-35(54)32(63-47-33(34(52)53)31-25-64-36(45-31)46-38(56)61-42(7,8)9)24-58-30-15-13-27(14-16-30)28-21-49(20-26-18-48(19-26)39(57)62-43(10,11)12)50(22-28)23-29(51)17-44-37(55)60-41(4,5)6/h13-16,21-22,25-26,29,32,51H,17-20,23-24H2,1-12H3,(H2-,44,45,46,52,53,55,56)/p+1. The minimum atomic E-state index is -1.51. The smallest absolute Gasteiger partial charge is 0.413 e. The van der Waals surface area contributed by atoms with Crippen molar-refractivity contribution < 1.29 is 67.4 Å². The van der Waals surface area contributed by atoms with E-state index in [1.807, 2.05) is 42.5 Å². The number of benzene rings is 1. The van der Waals surface area contributed by atoms with Crippen LogP contribution in [-0.2, 0) is 46.5 Å². The summed E-state index contributed by atoms with van der Waals surface area (Å²) >= 11 is 0.934. The largest absolute Gasteiger partial charge is 0.489 e. The first-order valence-electron chi connectivity index (χ1n) is 20.6. The van der Waals surface area contributed by atoms with Crippen LogP contribution in [0.15, 0.2) is 47.2 Å². The van der Waals surface area contributed by atoms with Gasteiger partial charge in [0.1, 0.15) is 46.6 Å². The first-order chi connectivity index (χ1) is 29.5. The lowest BCUT2D eigenvalue weighted by molar-refractivity contribution is -0.780. The lowest BCUT2D eigenvalue weighted by Gasteiger charge is -2.39. The van der Waals surface area contributed by atoms with Crippen molar-refractivity contribution in [1.29, 1.82) is 0 Å². The summed E-state index contributed by atoms with van der Waals surface area (Å²) in [7, 11) is 0. The third kappa shape index (κ3) is 17.0. The third-order valence-electron chi connectivity index (χ3n) is 8.33. The van der Waals surface area contributed by atoms with E-state index in [1.165, 1.54) is 5.38 Å². The van der Waals surface area contributed by atoms with Crippen LogP contribution in [-0.4, -0.2) is 122 Å². The molecular weight excluding hydrogens is 855 g/mol. The number of carbonyl (C=O) groups excluding carboxylic acids is 4. The molecule has 0 radical (unpaired) electrons. The van der Waals surface area contributed by atoms with Gasteiger partial charge in [-0.25, -0.2) is 29.0 Å². The summed E-state index contributed by atoms with van der Waals surface area (Å²) in [6.07, 6.45) is -0.496. The molecule has 1 aromatic carbocycles. The van der Waals surface area contributed by atoms with E-state index >= 15 is 0 Å². The van der Waals surface area contributed by atoms with Gasteiger partial charge < -0.3 is 49.0 Å². The number of carbonyl (C=O) groups is 5. The molecule has 2 atom stereocenters. The molecule has 0 bridgehead atoms. The van der Waals surface area contributed by atoms with Crippen LogP contribution in [0.1, 0.15) is 88.8 Å². The number of carboxylic acids is 1. The van der Waals surface area contributed by atoms with E-state index in [1.54, 1.807) is 91.5 Å². The molecule has 1 fully saturated rings. The molecule has 352 valence electrons. The van der Waals surface area contributed by atoms with Crippen LogP contribution in [0.25, 0.3) is 11.1 Å². The first kappa shape index (κ1) is 50.7. The van der Waals surface area contributed by atoms with Crippen LogP contribution < -0.4 is 20.1 Å². The van der Waals surface area contributed by atoms with Gasteiger partial charge in [-0.3, -0.25) is 5.32 Å². The summed E-state index contributed by atoms with van der Waals surface area (Å²) in [6.45, 7) is 21.9. The van der Waals surface area contributed by atoms with Crippen LogP contribution in [0, 0.1) is 5.92 Å². The minimum Gasteiger partial charge on any atom is -0.489 e. The highest BCUT2D eigenvalue weighted by atomic mass is 32.1. The Morgan fingerprint density at radius 3 is 2.03 bits per heavy atom. The number of nitrogens with zero attached hydrogens (tertiary/aromatic N) is 5. The van der Waals surface area contributed by atoms with E-state index in [0.29, 0.717) is 25.4 Å². The second-order valence-electron chi connectivity index (χ2n) is 19.1. The van der Waals surface area contributed by atoms with Gasteiger partial charge in [0.15, 0.2) is 11.7 Å². The summed E-state index contributed by atoms with van der Waals surface area (Å²) in [4.78, 5) is 73.7. The van der Waals surface area contributed by atoms with Gasteiger partial charge in [-0.05, 0) is 101 Å². The molecule has 2 unspecified atom stereocenters. The highest BCUT2D eigenvalue weighted by Gasteiger charge is 2.36. The average Bonchev–Trinajstić information content (AvgIpc) is 3.73. The van der Waals surface area contributed by atoms with Crippen LogP contribution in [0.2, 0.25) is 0 Å². The van der Waals surface area contributed by atoms with E-state index < -0.39 is 71.1 Å². The second-order valence-corrected chi connectivity index (χ2v) is 20.0. The maximum absolute atomic E-state index is 13.2. The molecule has 64 heavy (non-hydrogen) atoms. The van der Waals surface area contributed by atoms with Gasteiger partial charge in [-0.1, -0.05) is 17.3 Å². The number of amides is 3. The molecule has 1 saturated heterocycles. The number of aliphatic hydroxyl groups is 1. The lowest BCUT2D eigenvalue weighted by atomic mass is 10.0. The van der Waals surface area contributed by atoms with Gasteiger partial charge in [0.2, 0.25) is 11.9 Å².